The molecule has 2 aromatic carbocycles. The highest BCUT2D eigenvalue weighted by atomic mass is 16.5. The lowest BCUT2D eigenvalue weighted by molar-refractivity contribution is -0.593. The largest absolute Gasteiger partial charge is 0.618 e. The number of amides is 1. The molecule has 0 unspecified atom stereocenters. The number of hydrogen-bond acceptors (Lipinski definition) is 3. The Morgan fingerprint density at radius 2 is 1.88 bits per heavy atom. The van der Waals surface area contributed by atoms with Gasteiger partial charge in [-0.2, -0.15) is 4.73 Å². The van der Waals surface area contributed by atoms with E-state index in [0.717, 1.165) is 41.9 Å². The summed E-state index contributed by atoms with van der Waals surface area (Å²) in [6.45, 7) is 0.773. The Morgan fingerprint density at radius 1 is 1.06 bits per heavy atom. The lowest BCUT2D eigenvalue weighted by Crippen LogP contribution is -2.40. The second-order valence-corrected chi connectivity index (χ2v) is 8.99. The van der Waals surface area contributed by atoms with E-state index in [0.29, 0.717) is 17.2 Å². The normalized spacial score (nSPS) is 17.5. The molecule has 1 heterocycles. The van der Waals surface area contributed by atoms with Crippen molar-refractivity contribution in [1.29, 1.82) is 0 Å². The number of pyridine rings is 1. The molecule has 1 amide bonds. The molecule has 0 N–H and O–H groups in total. The summed E-state index contributed by atoms with van der Waals surface area (Å²) in [5, 5.41) is 12.1. The fraction of sp³-hybridized carbons (Fsp3) is 0.333. The van der Waals surface area contributed by atoms with E-state index in [9.17, 15) is 10.0 Å². The Kier molecular flexibility index (Phi) is 5.56. The first kappa shape index (κ1) is 20.6. The van der Waals surface area contributed by atoms with Crippen LogP contribution < -0.4 is 9.47 Å². The zero-order valence-electron chi connectivity index (χ0n) is 18.4. The topological polar surface area (TPSA) is 56.5 Å². The van der Waals surface area contributed by atoms with Crippen molar-refractivity contribution >= 4 is 5.91 Å². The molecule has 0 aliphatic heterocycles. The predicted octanol–water partition coefficient (Wildman–Crippen LogP) is 4.41. The molecular weight excluding hydrogens is 400 g/mol. The number of ether oxygens (including phenoxy) is 1. The lowest BCUT2D eigenvalue weighted by atomic mass is 9.86. The SMILES string of the molecule is CN(C(=O)c1ccc(OCC2CC2)cc1)[C@H]1CCc2cc(-c3cccc[n+]3[O-])ccc2C1. The minimum atomic E-state index is 0.0421. The first-order valence-corrected chi connectivity index (χ1v) is 11.4. The molecule has 32 heavy (non-hydrogen) atoms. The molecule has 0 saturated heterocycles. The van der Waals surface area contributed by atoms with Gasteiger partial charge in [-0.05, 0) is 91.6 Å². The Labute approximate surface area is 188 Å². The van der Waals surface area contributed by atoms with Gasteiger partial charge in [0.25, 0.3) is 5.91 Å². The molecule has 1 atom stereocenters. The second kappa shape index (κ2) is 8.65. The number of rotatable bonds is 6. The molecule has 0 spiro atoms. The highest BCUT2D eigenvalue weighted by Crippen LogP contribution is 2.30. The second-order valence-electron chi connectivity index (χ2n) is 8.99. The van der Waals surface area contributed by atoms with Crippen molar-refractivity contribution in [3.05, 3.63) is 88.8 Å². The summed E-state index contributed by atoms with van der Waals surface area (Å²) in [7, 11) is 1.90. The molecule has 164 valence electrons. The number of carbonyl (C=O) groups is 1. The molecule has 5 heteroatoms. The third-order valence-electron chi connectivity index (χ3n) is 6.68. The highest BCUT2D eigenvalue weighted by molar-refractivity contribution is 5.94. The van der Waals surface area contributed by atoms with Crippen LogP contribution in [0.3, 0.4) is 0 Å². The van der Waals surface area contributed by atoms with Crippen LogP contribution in [0.15, 0.2) is 66.9 Å². The number of benzene rings is 2. The molecule has 0 radical (unpaired) electrons. The van der Waals surface area contributed by atoms with Gasteiger partial charge in [0.1, 0.15) is 5.75 Å². The Balaban J connectivity index is 1.25. The van der Waals surface area contributed by atoms with Crippen molar-refractivity contribution in [3.63, 3.8) is 0 Å². The van der Waals surface area contributed by atoms with Crippen LogP contribution in [0.1, 0.15) is 40.7 Å². The van der Waals surface area contributed by atoms with Gasteiger partial charge in [0.15, 0.2) is 6.20 Å². The number of carbonyl (C=O) groups excluding carboxylic acids is 1. The summed E-state index contributed by atoms with van der Waals surface area (Å²) in [5.41, 5.74) is 4.81. The summed E-state index contributed by atoms with van der Waals surface area (Å²) >= 11 is 0. The lowest BCUT2D eigenvalue weighted by Gasteiger charge is -2.33. The van der Waals surface area contributed by atoms with Crippen LogP contribution in [-0.2, 0) is 12.8 Å². The molecule has 3 aromatic rings. The zero-order valence-corrected chi connectivity index (χ0v) is 18.4. The van der Waals surface area contributed by atoms with Crippen LogP contribution in [0.25, 0.3) is 11.3 Å². The minimum Gasteiger partial charge on any atom is -0.618 e. The molecule has 2 aliphatic carbocycles. The van der Waals surface area contributed by atoms with E-state index in [-0.39, 0.29) is 11.9 Å². The van der Waals surface area contributed by atoms with E-state index >= 15 is 0 Å². The number of likely N-dealkylation sites (N-methyl/N-ethyl adjacent to an activating group) is 1. The molecule has 1 fully saturated rings. The summed E-state index contributed by atoms with van der Waals surface area (Å²) in [6.07, 6.45) is 6.68. The first-order chi connectivity index (χ1) is 15.6. The smallest absolute Gasteiger partial charge is 0.253 e. The van der Waals surface area contributed by atoms with E-state index in [1.165, 1.54) is 30.2 Å². The Morgan fingerprint density at radius 3 is 2.62 bits per heavy atom. The fourth-order valence-electron chi connectivity index (χ4n) is 4.44. The van der Waals surface area contributed by atoms with Crippen LogP contribution in [0, 0.1) is 11.1 Å². The zero-order chi connectivity index (χ0) is 22.1. The minimum absolute atomic E-state index is 0.0421. The Bertz CT molecular complexity index is 1120. The number of aryl methyl sites for hydroxylation is 1. The monoisotopic (exact) mass is 428 g/mol. The molecular formula is C27H28N2O3. The van der Waals surface area contributed by atoms with Gasteiger partial charge in [0.2, 0.25) is 5.69 Å². The van der Waals surface area contributed by atoms with Gasteiger partial charge in [-0.3, -0.25) is 4.79 Å². The number of aromatic nitrogens is 1. The van der Waals surface area contributed by atoms with Gasteiger partial charge in [0.05, 0.1) is 6.61 Å². The maximum absolute atomic E-state index is 13.1. The van der Waals surface area contributed by atoms with Crippen molar-refractivity contribution in [2.45, 2.75) is 38.1 Å². The molecule has 0 bridgehead atoms. The van der Waals surface area contributed by atoms with E-state index < -0.39 is 0 Å². The number of nitrogens with zero attached hydrogens (tertiary/aromatic N) is 2. The van der Waals surface area contributed by atoms with Gasteiger partial charge in [-0.25, -0.2) is 0 Å². The van der Waals surface area contributed by atoms with E-state index in [1.54, 1.807) is 6.07 Å². The van der Waals surface area contributed by atoms with E-state index in [1.807, 2.05) is 54.4 Å². The maximum Gasteiger partial charge on any atom is 0.253 e. The molecule has 1 saturated carbocycles. The van der Waals surface area contributed by atoms with Crippen molar-refractivity contribution in [2.75, 3.05) is 13.7 Å². The number of fused-ring (bicyclic) bond motifs is 1. The third-order valence-corrected chi connectivity index (χ3v) is 6.68. The van der Waals surface area contributed by atoms with Gasteiger partial charge in [0, 0.05) is 36.3 Å². The van der Waals surface area contributed by atoms with Crippen LogP contribution in [0.4, 0.5) is 0 Å². The van der Waals surface area contributed by atoms with Crippen molar-refractivity contribution in [2.24, 2.45) is 5.92 Å². The van der Waals surface area contributed by atoms with Crippen LogP contribution in [-0.4, -0.2) is 30.5 Å². The Hall–Kier alpha value is -3.34. The standard InChI is InChI=1S/C27H28N2O3/c1-28(27(30)20-10-13-25(14-11-20)32-18-19-5-6-19)24-12-9-21-16-23(8-7-22(21)17-24)26-4-2-3-15-29(26)31/h2-4,7-8,10-11,13-16,19,24H,5-6,9,12,17-18H2,1H3/t24-/m0/s1. The van der Waals surface area contributed by atoms with Crippen molar-refractivity contribution < 1.29 is 14.3 Å². The molecule has 5 nitrogen and oxygen atoms in total. The van der Waals surface area contributed by atoms with E-state index in [4.69, 9.17) is 4.74 Å². The summed E-state index contributed by atoms with van der Waals surface area (Å²) < 4.78 is 6.69. The van der Waals surface area contributed by atoms with Crippen molar-refractivity contribution in [3.8, 4) is 17.0 Å². The third kappa shape index (κ3) is 4.33. The summed E-state index contributed by atoms with van der Waals surface area (Å²) in [4.78, 5) is 14.9. The van der Waals surface area contributed by atoms with Crippen LogP contribution in [0.2, 0.25) is 0 Å². The van der Waals surface area contributed by atoms with Crippen LogP contribution in [0.5, 0.6) is 5.75 Å². The molecule has 2 aliphatic rings. The fourth-order valence-corrected chi connectivity index (χ4v) is 4.44. The van der Waals surface area contributed by atoms with Crippen molar-refractivity contribution in [1.82, 2.24) is 4.90 Å². The quantitative estimate of drug-likeness (QED) is 0.432. The van der Waals surface area contributed by atoms with Gasteiger partial charge in [-0.1, -0.05) is 6.07 Å². The van der Waals surface area contributed by atoms with E-state index in [2.05, 4.69) is 12.1 Å². The van der Waals surface area contributed by atoms with Gasteiger partial charge >= 0.3 is 0 Å². The average molecular weight is 429 g/mol. The van der Waals surface area contributed by atoms with Crippen LogP contribution >= 0.6 is 0 Å². The summed E-state index contributed by atoms with van der Waals surface area (Å²) in [5.74, 6) is 1.58. The highest BCUT2D eigenvalue weighted by Gasteiger charge is 2.27. The number of hydrogen-bond donors (Lipinski definition) is 0. The average Bonchev–Trinajstić information content (AvgIpc) is 3.66. The first-order valence-electron chi connectivity index (χ1n) is 11.4. The predicted molar refractivity (Wildman–Crippen MR) is 123 cm³/mol. The summed E-state index contributed by atoms with van der Waals surface area (Å²) in [6, 6.07) is 19.4. The molecule has 1 aromatic heterocycles. The van der Waals surface area contributed by atoms with Gasteiger partial charge < -0.3 is 14.8 Å². The molecule has 5 rings (SSSR count). The maximum atomic E-state index is 13.1. The van der Waals surface area contributed by atoms with Gasteiger partial charge in [-0.15, -0.1) is 0 Å².